The molecule has 0 fully saturated rings. The molecule has 1 aromatic carbocycles. The van der Waals surface area contributed by atoms with Crippen LogP contribution >= 0.6 is 0 Å². The van der Waals surface area contributed by atoms with Crippen LogP contribution in [-0.2, 0) is 9.84 Å². The molecule has 6 heteroatoms. The summed E-state index contributed by atoms with van der Waals surface area (Å²) in [6.07, 6.45) is 0. The first kappa shape index (κ1) is 13.1. The molecule has 1 aromatic rings. The molecule has 0 heterocycles. The highest BCUT2D eigenvalue weighted by Crippen LogP contribution is 2.16. The molecule has 0 aromatic heterocycles. The van der Waals surface area contributed by atoms with Gasteiger partial charge in [0.25, 0.3) is 0 Å². The molecule has 1 N–H and O–H groups in total. The Labute approximate surface area is 93.4 Å². The van der Waals surface area contributed by atoms with Gasteiger partial charge in [0.2, 0.25) is 0 Å². The van der Waals surface area contributed by atoms with Crippen LogP contribution in [0.15, 0.2) is 23.1 Å². The Kier molecular flexibility index (Phi) is 4.37. The maximum atomic E-state index is 13.2. The average molecular weight is 249 g/mol. The molecule has 1 rings (SSSR count). The van der Waals surface area contributed by atoms with E-state index in [1.165, 1.54) is 0 Å². The van der Waals surface area contributed by atoms with Gasteiger partial charge in [-0.05, 0) is 18.7 Å². The molecule has 0 bridgehead atoms. The van der Waals surface area contributed by atoms with Gasteiger partial charge in [0, 0.05) is 12.6 Å². The van der Waals surface area contributed by atoms with Gasteiger partial charge in [-0.3, -0.25) is 0 Å². The third kappa shape index (κ3) is 3.24. The second-order valence-corrected chi connectivity index (χ2v) is 5.32. The molecule has 0 amide bonds. The highest BCUT2D eigenvalue weighted by atomic mass is 32.2. The van der Waals surface area contributed by atoms with E-state index in [2.05, 4.69) is 5.32 Å². The lowest BCUT2D eigenvalue weighted by Crippen LogP contribution is -2.23. The van der Waals surface area contributed by atoms with Crippen molar-refractivity contribution in [1.29, 1.82) is 0 Å². The predicted octanol–water partition coefficient (Wildman–Crippen LogP) is 1.35. The van der Waals surface area contributed by atoms with Crippen molar-refractivity contribution < 1.29 is 17.2 Å². The smallest absolute Gasteiger partial charge is 0.182 e. The number of benzene rings is 1. The maximum Gasteiger partial charge on any atom is 0.182 e. The van der Waals surface area contributed by atoms with Gasteiger partial charge in [0.15, 0.2) is 9.84 Å². The van der Waals surface area contributed by atoms with Crippen molar-refractivity contribution in [2.24, 2.45) is 0 Å². The average Bonchev–Trinajstić information content (AvgIpc) is 2.17. The number of sulfone groups is 1. The van der Waals surface area contributed by atoms with E-state index in [9.17, 15) is 17.2 Å². The monoisotopic (exact) mass is 249 g/mol. The van der Waals surface area contributed by atoms with Crippen LogP contribution in [0.4, 0.5) is 8.78 Å². The zero-order valence-corrected chi connectivity index (χ0v) is 9.65. The van der Waals surface area contributed by atoms with E-state index in [4.69, 9.17) is 0 Å². The molecule has 0 aliphatic carbocycles. The molecule has 0 aliphatic rings. The SMILES string of the molecule is CCNCCS(=O)(=O)c1ccc(F)cc1F. The van der Waals surface area contributed by atoms with Crippen molar-refractivity contribution in [2.45, 2.75) is 11.8 Å². The lowest BCUT2D eigenvalue weighted by molar-refractivity contribution is 0.548. The highest BCUT2D eigenvalue weighted by molar-refractivity contribution is 7.91. The summed E-state index contributed by atoms with van der Waals surface area (Å²) in [6, 6.07) is 2.45. The number of halogens is 2. The van der Waals surface area contributed by atoms with Gasteiger partial charge in [-0.1, -0.05) is 6.92 Å². The van der Waals surface area contributed by atoms with E-state index in [0.29, 0.717) is 12.6 Å². The Morgan fingerprint density at radius 1 is 1.31 bits per heavy atom. The largest absolute Gasteiger partial charge is 0.316 e. The van der Waals surface area contributed by atoms with Crippen molar-refractivity contribution in [3.63, 3.8) is 0 Å². The fourth-order valence-corrected chi connectivity index (χ4v) is 2.49. The lowest BCUT2D eigenvalue weighted by atomic mass is 10.3. The van der Waals surface area contributed by atoms with Gasteiger partial charge in [-0.25, -0.2) is 17.2 Å². The first-order valence-electron chi connectivity index (χ1n) is 4.86. The second kappa shape index (κ2) is 5.36. The van der Waals surface area contributed by atoms with Gasteiger partial charge >= 0.3 is 0 Å². The summed E-state index contributed by atoms with van der Waals surface area (Å²) in [5.41, 5.74) is 0. The summed E-state index contributed by atoms with van der Waals surface area (Å²) < 4.78 is 49.1. The minimum atomic E-state index is -3.68. The molecule has 16 heavy (non-hydrogen) atoms. The fraction of sp³-hybridized carbons (Fsp3) is 0.400. The first-order chi connectivity index (χ1) is 7.47. The third-order valence-corrected chi connectivity index (χ3v) is 3.77. The lowest BCUT2D eigenvalue weighted by Gasteiger charge is -2.05. The van der Waals surface area contributed by atoms with E-state index < -0.39 is 26.4 Å². The Bertz CT molecular complexity index is 460. The number of hydrogen-bond acceptors (Lipinski definition) is 3. The van der Waals surface area contributed by atoms with Crippen molar-refractivity contribution >= 4 is 9.84 Å². The number of nitrogens with one attached hydrogen (secondary N) is 1. The van der Waals surface area contributed by atoms with E-state index in [1.807, 2.05) is 6.92 Å². The zero-order valence-electron chi connectivity index (χ0n) is 8.83. The van der Waals surface area contributed by atoms with Crippen LogP contribution in [-0.4, -0.2) is 27.3 Å². The summed E-state index contributed by atoms with van der Waals surface area (Å²) in [5, 5.41) is 2.83. The quantitative estimate of drug-likeness (QED) is 0.633. The Morgan fingerprint density at radius 3 is 2.56 bits per heavy atom. The summed E-state index contributed by atoms with van der Waals surface area (Å²) in [4.78, 5) is -0.452. The topological polar surface area (TPSA) is 46.2 Å². The molecule has 0 saturated carbocycles. The van der Waals surface area contributed by atoms with Crippen molar-refractivity contribution in [3.05, 3.63) is 29.8 Å². The zero-order chi connectivity index (χ0) is 12.2. The van der Waals surface area contributed by atoms with Gasteiger partial charge in [0.05, 0.1) is 5.75 Å². The number of hydrogen-bond donors (Lipinski definition) is 1. The molecule has 0 atom stereocenters. The normalized spacial score (nSPS) is 11.7. The van der Waals surface area contributed by atoms with Crippen LogP contribution in [0, 0.1) is 11.6 Å². The van der Waals surface area contributed by atoms with Crippen molar-refractivity contribution in [3.8, 4) is 0 Å². The summed E-state index contributed by atoms with van der Waals surface area (Å²) >= 11 is 0. The Morgan fingerprint density at radius 2 is 2.00 bits per heavy atom. The van der Waals surface area contributed by atoms with E-state index in [-0.39, 0.29) is 12.3 Å². The van der Waals surface area contributed by atoms with E-state index in [1.54, 1.807) is 0 Å². The standard InChI is InChI=1S/C10H13F2NO2S/c1-2-13-5-6-16(14,15)10-4-3-8(11)7-9(10)12/h3-4,7,13H,2,5-6H2,1H3. The second-order valence-electron chi connectivity index (χ2n) is 3.25. The molecule has 0 spiro atoms. The molecule has 0 unspecified atom stereocenters. The van der Waals surface area contributed by atoms with Crippen LogP contribution < -0.4 is 5.32 Å². The van der Waals surface area contributed by atoms with Crippen LogP contribution in [0.5, 0.6) is 0 Å². The Balaban J connectivity index is 2.90. The van der Waals surface area contributed by atoms with Gasteiger partial charge in [0.1, 0.15) is 16.5 Å². The van der Waals surface area contributed by atoms with Gasteiger partial charge in [-0.15, -0.1) is 0 Å². The molecule has 90 valence electrons. The maximum absolute atomic E-state index is 13.2. The van der Waals surface area contributed by atoms with Gasteiger partial charge < -0.3 is 5.32 Å². The van der Waals surface area contributed by atoms with Crippen LogP contribution in [0.3, 0.4) is 0 Å². The molecule has 0 aliphatic heterocycles. The molecular weight excluding hydrogens is 236 g/mol. The summed E-state index contributed by atoms with van der Waals surface area (Å²) in [6.45, 7) is 2.72. The first-order valence-corrected chi connectivity index (χ1v) is 6.51. The minimum absolute atomic E-state index is 0.205. The molecular formula is C10H13F2NO2S. The van der Waals surface area contributed by atoms with E-state index in [0.717, 1.165) is 12.1 Å². The Hall–Kier alpha value is -1.01. The third-order valence-electron chi connectivity index (χ3n) is 2.03. The van der Waals surface area contributed by atoms with Crippen LogP contribution in [0.1, 0.15) is 6.92 Å². The fourth-order valence-electron chi connectivity index (χ4n) is 1.22. The molecule has 0 radical (unpaired) electrons. The predicted molar refractivity (Wildman–Crippen MR) is 57.0 cm³/mol. The van der Waals surface area contributed by atoms with Crippen LogP contribution in [0.2, 0.25) is 0 Å². The number of rotatable bonds is 5. The van der Waals surface area contributed by atoms with Crippen molar-refractivity contribution in [1.82, 2.24) is 5.32 Å². The van der Waals surface area contributed by atoms with E-state index >= 15 is 0 Å². The molecule has 3 nitrogen and oxygen atoms in total. The van der Waals surface area contributed by atoms with Crippen LogP contribution in [0.25, 0.3) is 0 Å². The van der Waals surface area contributed by atoms with Gasteiger partial charge in [-0.2, -0.15) is 0 Å². The minimum Gasteiger partial charge on any atom is -0.316 e. The summed E-state index contributed by atoms with van der Waals surface area (Å²) in [5.74, 6) is -2.04. The summed E-state index contributed by atoms with van der Waals surface area (Å²) in [7, 11) is -3.68. The van der Waals surface area contributed by atoms with Crippen molar-refractivity contribution in [2.75, 3.05) is 18.8 Å². The highest BCUT2D eigenvalue weighted by Gasteiger charge is 2.18. The molecule has 0 saturated heterocycles.